The summed E-state index contributed by atoms with van der Waals surface area (Å²) in [6, 6.07) is 23.3. The maximum absolute atomic E-state index is 13.3. The first-order chi connectivity index (χ1) is 12.2. The van der Waals surface area contributed by atoms with E-state index in [1.54, 1.807) is 24.3 Å². The Morgan fingerprint density at radius 1 is 0.720 bits per heavy atom. The molecule has 4 heteroatoms. The van der Waals surface area contributed by atoms with Gasteiger partial charge in [0.25, 0.3) is 0 Å². The van der Waals surface area contributed by atoms with Gasteiger partial charge in [0.1, 0.15) is 11.5 Å². The Morgan fingerprint density at radius 2 is 1.36 bits per heavy atom. The summed E-state index contributed by atoms with van der Waals surface area (Å²) in [6.45, 7) is 0. The number of oxazole rings is 1. The van der Waals surface area contributed by atoms with E-state index in [2.05, 4.69) is 4.98 Å². The molecule has 0 N–H and O–H groups in total. The molecule has 0 aliphatic rings. The number of halogens is 2. The van der Waals surface area contributed by atoms with Crippen LogP contribution in [0.5, 0.6) is 0 Å². The molecule has 3 aromatic carbocycles. The molecular formula is C21H13ClFNO. The second kappa shape index (κ2) is 6.54. The van der Waals surface area contributed by atoms with Gasteiger partial charge in [-0.3, -0.25) is 0 Å². The summed E-state index contributed by atoms with van der Waals surface area (Å²) < 4.78 is 19.3. The minimum Gasteiger partial charge on any atom is -0.435 e. The fourth-order valence-electron chi connectivity index (χ4n) is 2.62. The monoisotopic (exact) mass is 349 g/mol. The van der Waals surface area contributed by atoms with Gasteiger partial charge < -0.3 is 4.42 Å². The third kappa shape index (κ3) is 3.19. The van der Waals surface area contributed by atoms with Gasteiger partial charge in [0.2, 0.25) is 5.89 Å². The minimum atomic E-state index is -0.286. The predicted molar refractivity (Wildman–Crippen MR) is 97.8 cm³/mol. The summed E-state index contributed by atoms with van der Waals surface area (Å²) >= 11 is 5.96. The third-order valence-corrected chi connectivity index (χ3v) is 4.12. The molecule has 0 spiro atoms. The van der Waals surface area contributed by atoms with Crippen molar-refractivity contribution in [3.63, 3.8) is 0 Å². The van der Waals surface area contributed by atoms with Crippen LogP contribution in [-0.4, -0.2) is 4.98 Å². The lowest BCUT2D eigenvalue weighted by molar-refractivity contribution is 0.589. The zero-order valence-corrected chi connectivity index (χ0v) is 13.9. The number of benzene rings is 3. The lowest BCUT2D eigenvalue weighted by Gasteiger charge is -2.01. The van der Waals surface area contributed by atoms with Crippen molar-refractivity contribution in [2.45, 2.75) is 0 Å². The summed E-state index contributed by atoms with van der Waals surface area (Å²) in [5.74, 6) is 0.860. The van der Waals surface area contributed by atoms with Gasteiger partial charge >= 0.3 is 0 Å². The summed E-state index contributed by atoms with van der Waals surface area (Å²) in [5, 5.41) is 0.650. The standard InChI is InChI=1S/C21H13ClFNO/c22-17-10-6-16(7-11-17)21-24-19(14-8-12-18(23)13-9-14)20(25-21)15-4-2-1-3-5-15/h1-13H. The van der Waals surface area contributed by atoms with Crippen molar-refractivity contribution in [1.82, 2.24) is 4.98 Å². The average Bonchev–Trinajstić information content (AvgIpc) is 3.09. The molecule has 0 bridgehead atoms. The highest BCUT2D eigenvalue weighted by atomic mass is 35.5. The highest BCUT2D eigenvalue weighted by Gasteiger charge is 2.18. The molecule has 0 unspecified atom stereocenters. The Bertz CT molecular complexity index is 993. The maximum Gasteiger partial charge on any atom is 0.227 e. The van der Waals surface area contributed by atoms with Crippen LogP contribution in [0.3, 0.4) is 0 Å². The van der Waals surface area contributed by atoms with E-state index in [-0.39, 0.29) is 5.82 Å². The second-order valence-electron chi connectivity index (χ2n) is 5.58. The molecule has 122 valence electrons. The molecule has 1 aromatic heterocycles. The van der Waals surface area contributed by atoms with Gasteiger partial charge in [-0.2, -0.15) is 0 Å². The largest absolute Gasteiger partial charge is 0.435 e. The van der Waals surface area contributed by atoms with Crippen molar-refractivity contribution in [3.05, 3.63) is 89.7 Å². The van der Waals surface area contributed by atoms with E-state index < -0.39 is 0 Å². The molecule has 25 heavy (non-hydrogen) atoms. The van der Waals surface area contributed by atoms with Crippen LogP contribution < -0.4 is 0 Å². The van der Waals surface area contributed by atoms with E-state index >= 15 is 0 Å². The van der Waals surface area contributed by atoms with Crippen LogP contribution in [0.15, 0.2) is 83.3 Å². The van der Waals surface area contributed by atoms with E-state index in [0.29, 0.717) is 22.4 Å². The van der Waals surface area contributed by atoms with Crippen LogP contribution in [0.1, 0.15) is 0 Å². The normalized spacial score (nSPS) is 10.8. The van der Waals surface area contributed by atoms with Gasteiger partial charge in [0, 0.05) is 21.7 Å². The summed E-state index contributed by atoms with van der Waals surface area (Å²) in [7, 11) is 0. The molecule has 0 saturated carbocycles. The van der Waals surface area contributed by atoms with Gasteiger partial charge in [-0.25, -0.2) is 9.37 Å². The number of hydrogen-bond acceptors (Lipinski definition) is 2. The molecule has 0 aliphatic carbocycles. The first-order valence-electron chi connectivity index (χ1n) is 7.79. The summed E-state index contributed by atoms with van der Waals surface area (Å²) in [5.41, 5.74) is 3.21. The molecule has 0 aliphatic heterocycles. The molecule has 0 fully saturated rings. The molecule has 4 rings (SSSR count). The van der Waals surface area contributed by atoms with Crippen molar-refractivity contribution in [2.24, 2.45) is 0 Å². The topological polar surface area (TPSA) is 26.0 Å². The Balaban J connectivity index is 1.89. The second-order valence-corrected chi connectivity index (χ2v) is 6.01. The molecule has 1 heterocycles. The number of rotatable bonds is 3. The van der Waals surface area contributed by atoms with Gasteiger partial charge in [-0.1, -0.05) is 41.9 Å². The first-order valence-corrected chi connectivity index (χ1v) is 8.16. The van der Waals surface area contributed by atoms with Crippen molar-refractivity contribution < 1.29 is 8.81 Å². The van der Waals surface area contributed by atoms with E-state index in [9.17, 15) is 4.39 Å². The van der Waals surface area contributed by atoms with Crippen LogP contribution in [0.25, 0.3) is 34.0 Å². The summed E-state index contributed by atoms with van der Waals surface area (Å²) in [4.78, 5) is 4.65. The Hall–Kier alpha value is -2.91. The third-order valence-electron chi connectivity index (χ3n) is 3.87. The molecule has 0 radical (unpaired) electrons. The van der Waals surface area contributed by atoms with Gasteiger partial charge in [0.05, 0.1) is 0 Å². The van der Waals surface area contributed by atoms with Crippen molar-refractivity contribution in [2.75, 3.05) is 0 Å². The maximum atomic E-state index is 13.3. The molecule has 4 aromatic rings. The first kappa shape index (κ1) is 15.6. The van der Waals surface area contributed by atoms with E-state index in [1.807, 2.05) is 42.5 Å². The van der Waals surface area contributed by atoms with Crippen LogP contribution in [0.2, 0.25) is 5.02 Å². The van der Waals surface area contributed by atoms with Crippen molar-refractivity contribution in [1.29, 1.82) is 0 Å². The van der Waals surface area contributed by atoms with Gasteiger partial charge in [-0.15, -0.1) is 0 Å². The average molecular weight is 350 g/mol. The van der Waals surface area contributed by atoms with Gasteiger partial charge in [-0.05, 0) is 48.5 Å². The lowest BCUT2D eigenvalue weighted by atomic mass is 10.1. The highest BCUT2D eigenvalue weighted by molar-refractivity contribution is 6.30. The van der Waals surface area contributed by atoms with Crippen LogP contribution in [0, 0.1) is 5.82 Å². The van der Waals surface area contributed by atoms with E-state index in [1.165, 1.54) is 12.1 Å². The fourth-order valence-corrected chi connectivity index (χ4v) is 2.75. The Kier molecular flexibility index (Phi) is 4.08. The molecule has 0 atom stereocenters. The van der Waals surface area contributed by atoms with Gasteiger partial charge in [0.15, 0.2) is 5.76 Å². The minimum absolute atomic E-state index is 0.286. The zero-order valence-electron chi connectivity index (χ0n) is 13.1. The van der Waals surface area contributed by atoms with Crippen molar-refractivity contribution in [3.8, 4) is 34.0 Å². The smallest absolute Gasteiger partial charge is 0.227 e. The number of aromatic nitrogens is 1. The molecule has 2 nitrogen and oxygen atoms in total. The molecular weight excluding hydrogens is 337 g/mol. The molecule has 0 amide bonds. The van der Waals surface area contributed by atoms with Crippen molar-refractivity contribution >= 4 is 11.6 Å². The SMILES string of the molecule is Fc1ccc(-c2nc(-c3ccc(Cl)cc3)oc2-c2ccccc2)cc1. The predicted octanol–water partition coefficient (Wildman–Crippen LogP) is 6.47. The van der Waals surface area contributed by atoms with E-state index in [0.717, 1.165) is 16.7 Å². The summed E-state index contributed by atoms with van der Waals surface area (Å²) in [6.07, 6.45) is 0. The number of hydrogen-bond donors (Lipinski definition) is 0. The zero-order chi connectivity index (χ0) is 17.2. The van der Waals surface area contributed by atoms with E-state index in [4.69, 9.17) is 16.0 Å². The Labute approximate surface area is 149 Å². The fraction of sp³-hybridized carbons (Fsp3) is 0. The quantitative estimate of drug-likeness (QED) is 0.423. The van der Waals surface area contributed by atoms with Crippen LogP contribution >= 0.6 is 11.6 Å². The number of nitrogens with zero attached hydrogens (tertiary/aromatic N) is 1. The Morgan fingerprint density at radius 3 is 2.04 bits per heavy atom. The lowest BCUT2D eigenvalue weighted by Crippen LogP contribution is -1.83. The highest BCUT2D eigenvalue weighted by Crippen LogP contribution is 2.36. The molecule has 0 saturated heterocycles. The van der Waals surface area contributed by atoms with Crippen LogP contribution in [0.4, 0.5) is 4.39 Å². The van der Waals surface area contributed by atoms with Crippen LogP contribution in [-0.2, 0) is 0 Å².